The molecular formula is C12H16BrN. The Morgan fingerprint density at radius 1 is 1.21 bits per heavy atom. The van der Waals surface area contributed by atoms with Crippen molar-refractivity contribution in [3.8, 4) is 0 Å². The van der Waals surface area contributed by atoms with Crippen molar-refractivity contribution in [2.75, 3.05) is 0 Å². The molecule has 76 valence electrons. The highest BCUT2D eigenvalue weighted by atomic mass is 79.9. The first kappa shape index (κ1) is 10.2. The van der Waals surface area contributed by atoms with Crippen LogP contribution in [-0.2, 0) is 12.8 Å². The van der Waals surface area contributed by atoms with Gasteiger partial charge < -0.3 is 5.73 Å². The molecule has 0 spiro atoms. The molecule has 1 aromatic carbocycles. The van der Waals surface area contributed by atoms with Crippen LogP contribution in [0.1, 0.15) is 42.5 Å². The van der Waals surface area contributed by atoms with Gasteiger partial charge in [0.2, 0.25) is 0 Å². The van der Waals surface area contributed by atoms with Gasteiger partial charge in [0.05, 0.1) is 0 Å². The highest BCUT2D eigenvalue weighted by molar-refractivity contribution is 9.10. The van der Waals surface area contributed by atoms with Crippen LogP contribution >= 0.6 is 15.9 Å². The smallest absolute Gasteiger partial charge is 0.0277 e. The normalized spacial score (nSPS) is 17.6. The summed E-state index contributed by atoms with van der Waals surface area (Å²) in [5, 5.41) is 0. The summed E-state index contributed by atoms with van der Waals surface area (Å²) in [4.78, 5) is 0. The summed E-state index contributed by atoms with van der Waals surface area (Å²) >= 11 is 3.60. The predicted molar refractivity (Wildman–Crippen MR) is 63.4 cm³/mol. The summed E-state index contributed by atoms with van der Waals surface area (Å²) in [6, 6.07) is 4.66. The molecule has 2 heteroatoms. The predicted octanol–water partition coefficient (Wildman–Crippen LogP) is 3.35. The first-order valence-electron chi connectivity index (χ1n) is 5.25. The third kappa shape index (κ3) is 1.86. The number of nitrogens with two attached hydrogens (primary N) is 1. The second kappa shape index (κ2) is 4.03. The molecule has 0 aromatic heterocycles. The fourth-order valence-corrected chi connectivity index (χ4v) is 2.88. The first-order chi connectivity index (χ1) is 6.68. The molecule has 0 amide bonds. The lowest BCUT2D eigenvalue weighted by Gasteiger charge is -2.19. The molecule has 1 aromatic rings. The Morgan fingerprint density at radius 3 is 2.36 bits per heavy atom. The number of benzene rings is 1. The maximum atomic E-state index is 5.92. The topological polar surface area (TPSA) is 26.0 Å². The molecule has 1 nitrogen and oxygen atoms in total. The Balaban J connectivity index is 2.45. The van der Waals surface area contributed by atoms with Gasteiger partial charge >= 0.3 is 0 Å². The van der Waals surface area contributed by atoms with Gasteiger partial charge in [-0.1, -0.05) is 22.0 Å². The van der Waals surface area contributed by atoms with Crippen molar-refractivity contribution in [1.82, 2.24) is 0 Å². The number of hydrogen-bond donors (Lipinski definition) is 1. The zero-order valence-electron chi connectivity index (χ0n) is 8.52. The lowest BCUT2D eigenvalue weighted by atomic mass is 9.89. The van der Waals surface area contributed by atoms with Crippen LogP contribution in [0.15, 0.2) is 16.6 Å². The molecule has 0 saturated heterocycles. The van der Waals surface area contributed by atoms with Gasteiger partial charge in [-0.15, -0.1) is 0 Å². The lowest BCUT2D eigenvalue weighted by molar-refractivity contribution is 0.680. The molecule has 2 rings (SSSR count). The van der Waals surface area contributed by atoms with Crippen LogP contribution < -0.4 is 5.73 Å². The van der Waals surface area contributed by atoms with Gasteiger partial charge in [0, 0.05) is 10.5 Å². The quantitative estimate of drug-likeness (QED) is 0.817. The summed E-state index contributed by atoms with van der Waals surface area (Å²) in [6.45, 7) is 2.04. The summed E-state index contributed by atoms with van der Waals surface area (Å²) in [6.07, 6.45) is 5.11. The summed E-state index contributed by atoms with van der Waals surface area (Å²) in [5.41, 5.74) is 10.2. The zero-order valence-corrected chi connectivity index (χ0v) is 10.1. The molecule has 0 aliphatic heterocycles. The average Bonchev–Trinajstić information content (AvgIpc) is 2.16. The summed E-state index contributed by atoms with van der Waals surface area (Å²) < 4.78 is 1.17. The monoisotopic (exact) mass is 253 g/mol. The fraction of sp³-hybridized carbons (Fsp3) is 0.500. The number of hydrogen-bond acceptors (Lipinski definition) is 1. The standard InChI is InChI=1S/C12H16BrN/c1-8(14)11-6-9-4-2-3-5-10(9)7-12(11)13/h6-8H,2-5,14H2,1H3. The van der Waals surface area contributed by atoms with Crippen molar-refractivity contribution < 1.29 is 0 Å². The lowest BCUT2D eigenvalue weighted by Crippen LogP contribution is -2.09. The van der Waals surface area contributed by atoms with Crippen molar-refractivity contribution in [2.24, 2.45) is 5.73 Å². The maximum Gasteiger partial charge on any atom is 0.0277 e. The molecular weight excluding hydrogens is 238 g/mol. The molecule has 1 unspecified atom stereocenters. The van der Waals surface area contributed by atoms with Gasteiger partial charge in [0.1, 0.15) is 0 Å². The molecule has 0 radical (unpaired) electrons. The average molecular weight is 254 g/mol. The van der Waals surface area contributed by atoms with Crippen molar-refractivity contribution in [1.29, 1.82) is 0 Å². The number of aryl methyl sites for hydroxylation is 2. The maximum absolute atomic E-state index is 5.92. The molecule has 0 heterocycles. The molecule has 0 bridgehead atoms. The van der Waals surface area contributed by atoms with Crippen molar-refractivity contribution in [3.63, 3.8) is 0 Å². The molecule has 14 heavy (non-hydrogen) atoms. The van der Waals surface area contributed by atoms with Crippen LogP contribution in [0.25, 0.3) is 0 Å². The minimum Gasteiger partial charge on any atom is -0.324 e. The van der Waals surface area contributed by atoms with Crippen molar-refractivity contribution >= 4 is 15.9 Å². The van der Waals surface area contributed by atoms with Crippen LogP contribution in [0.3, 0.4) is 0 Å². The van der Waals surface area contributed by atoms with E-state index in [0.717, 1.165) is 0 Å². The molecule has 1 aliphatic rings. The first-order valence-corrected chi connectivity index (χ1v) is 6.04. The summed E-state index contributed by atoms with van der Waals surface area (Å²) in [7, 11) is 0. The van der Waals surface area contributed by atoms with Crippen molar-refractivity contribution in [2.45, 2.75) is 38.6 Å². The Bertz CT molecular complexity index is 344. The van der Waals surface area contributed by atoms with E-state index in [-0.39, 0.29) is 6.04 Å². The van der Waals surface area contributed by atoms with Crippen LogP contribution in [0.2, 0.25) is 0 Å². The number of halogens is 1. The fourth-order valence-electron chi connectivity index (χ4n) is 2.12. The SMILES string of the molecule is CC(N)c1cc2c(cc1Br)CCCC2. The van der Waals surface area contributed by atoms with Gasteiger partial charge in [-0.3, -0.25) is 0 Å². The van der Waals surface area contributed by atoms with Crippen LogP contribution in [0.4, 0.5) is 0 Å². The number of fused-ring (bicyclic) bond motifs is 1. The van der Waals surface area contributed by atoms with E-state index in [4.69, 9.17) is 5.73 Å². The van der Waals surface area contributed by atoms with E-state index < -0.39 is 0 Å². The number of rotatable bonds is 1. The van der Waals surface area contributed by atoms with E-state index in [0.29, 0.717) is 0 Å². The van der Waals surface area contributed by atoms with Crippen molar-refractivity contribution in [3.05, 3.63) is 33.3 Å². The molecule has 1 aliphatic carbocycles. The van der Waals surface area contributed by atoms with Gasteiger partial charge in [-0.05, 0) is 55.4 Å². The highest BCUT2D eigenvalue weighted by Crippen LogP contribution is 2.30. The second-order valence-corrected chi connectivity index (χ2v) is 4.99. The highest BCUT2D eigenvalue weighted by Gasteiger charge is 2.13. The zero-order chi connectivity index (χ0) is 10.1. The molecule has 2 N–H and O–H groups in total. The third-order valence-corrected chi connectivity index (χ3v) is 3.64. The minimum absolute atomic E-state index is 0.122. The third-order valence-electron chi connectivity index (χ3n) is 2.95. The minimum atomic E-state index is 0.122. The van der Waals surface area contributed by atoms with E-state index in [1.54, 1.807) is 0 Å². The van der Waals surface area contributed by atoms with Gasteiger partial charge in [0.15, 0.2) is 0 Å². The van der Waals surface area contributed by atoms with Gasteiger partial charge in [0.25, 0.3) is 0 Å². The van der Waals surface area contributed by atoms with Crippen LogP contribution in [0, 0.1) is 0 Å². The molecule has 0 fully saturated rings. The van der Waals surface area contributed by atoms with Gasteiger partial charge in [-0.2, -0.15) is 0 Å². The van der Waals surface area contributed by atoms with Gasteiger partial charge in [-0.25, -0.2) is 0 Å². The molecule has 1 atom stereocenters. The van der Waals surface area contributed by atoms with E-state index in [1.165, 1.54) is 46.8 Å². The Kier molecular flexibility index (Phi) is 2.93. The van der Waals surface area contributed by atoms with E-state index >= 15 is 0 Å². The van der Waals surface area contributed by atoms with E-state index in [9.17, 15) is 0 Å². The van der Waals surface area contributed by atoms with Crippen LogP contribution in [0.5, 0.6) is 0 Å². The van der Waals surface area contributed by atoms with E-state index in [2.05, 4.69) is 28.1 Å². The molecule has 0 saturated carbocycles. The Hall–Kier alpha value is -0.340. The Morgan fingerprint density at radius 2 is 1.79 bits per heavy atom. The second-order valence-electron chi connectivity index (χ2n) is 4.14. The summed E-state index contributed by atoms with van der Waals surface area (Å²) in [5.74, 6) is 0. The van der Waals surface area contributed by atoms with Crippen LogP contribution in [-0.4, -0.2) is 0 Å². The largest absolute Gasteiger partial charge is 0.324 e. The Labute approximate surface area is 93.8 Å². The van der Waals surface area contributed by atoms with E-state index in [1.807, 2.05) is 6.92 Å².